The van der Waals surface area contributed by atoms with Gasteiger partial charge in [0.15, 0.2) is 0 Å². The Morgan fingerprint density at radius 3 is 2.74 bits per heavy atom. The first-order valence-corrected chi connectivity index (χ1v) is 6.85. The van der Waals surface area contributed by atoms with E-state index in [2.05, 4.69) is 10.3 Å². The number of Topliss-reactive ketones (excluding diaryl/α,β-unsaturated/α-hetero) is 1. The summed E-state index contributed by atoms with van der Waals surface area (Å²) in [5, 5.41) is 2.98. The number of aromatic amines is 1. The summed E-state index contributed by atoms with van der Waals surface area (Å²) in [4.78, 5) is 27.4. The van der Waals surface area contributed by atoms with Gasteiger partial charge in [0, 0.05) is 22.8 Å². The molecule has 0 unspecified atom stereocenters. The second-order valence-corrected chi connectivity index (χ2v) is 4.91. The highest BCUT2D eigenvalue weighted by Gasteiger charge is 2.20. The molecule has 0 spiro atoms. The maximum absolute atomic E-state index is 13.1. The molecule has 0 fully saturated rings. The first-order valence-electron chi connectivity index (χ1n) is 6.85. The number of carbonyl (C=O) groups is 2. The molecule has 5 nitrogen and oxygen atoms in total. The van der Waals surface area contributed by atoms with Gasteiger partial charge >= 0.3 is 0 Å². The molecule has 0 atom stereocenters. The number of anilines is 1. The number of carbonyl (C=O) groups excluding carboxylic acids is 2. The molecule has 3 aromatic rings. The molecule has 0 saturated carbocycles. The number of H-pyrrole nitrogens is 1. The molecule has 0 radical (unpaired) electrons. The van der Waals surface area contributed by atoms with Crippen LogP contribution in [0, 0.1) is 5.82 Å². The summed E-state index contributed by atoms with van der Waals surface area (Å²) in [7, 11) is 1.52. The summed E-state index contributed by atoms with van der Waals surface area (Å²) in [6.45, 7) is 0. The van der Waals surface area contributed by atoms with E-state index in [-0.39, 0.29) is 11.3 Å². The molecule has 0 aliphatic rings. The van der Waals surface area contributed by atoms with E-state index in [1.54, 1.807) is 18.2 Å². The Morgan fingerprint density at radius 2 is 2.00 bits per heavy atom. The minimum Gasteiger partial charge on any atom is -0.497 e. The van der Waals surface area contributed by atoms with E-state index in [1.807, 2.05) is 0 Å². The van der Waals surface area contributed by atoms with Crippen LogP contribution in [-0.2, 0) is 4.79 Å². The SMILES string of the molecule is COc1ccc2[nH]cc(C(=O)C(=O)Nc3cccc(F)c3)c2c1. The van der Waals surface area contributed by atoms with Gasteiger partial charge in [-0.3, -0.25) is 9.59 Å². The molecule has 0 aliphatic carbocycles. The smallest absolute Gasteiger partial charge is 0.296 e. The number of aromatic nitrogens is 1. The number of benzene rings is 2. The number of rotatable bonds is 4. The summed E-state index contributed by atoms with van der Waals surface area (Å²) >= 11 is 0. The Morgan fingerprint density at radius 1 is 1.17 bits per heavy atom. The molecule has 0 saturated heterocycles. The van der Waals surface area contributed by atoms with Crippen LogP contribution >= 0.6 is 0 Å². The molecule has 0 bridgehead atoms. The maximum Gasteiger partial charge on any atom is 0.296 e. The molecule has 3 rings (SSSR count). The lowest BCUT2D eigenvalue weighted by Crippen LogP contribution is -2.22. The maximum atomic E-state index is 13.1. The van der Waals surface area contributed by atoms with E-state index in [9.17, 15) is 14.0 Å². The van der Waals surface area contributed by atoms with Crippen molar-refractivity contribution in [2.24, 2.45) is 0 Å². The number of ketones is 1. The first kappa shape index (κ1) is 14.8. The Balaban J connectivity index is 1.89. The number of nitrogens with one attached hydrogen (secondary N) is 2. The van der Waals surface area contributed by atoms with Crippen LogP contribution in [0.3, 0.4) is 0 Å². The van der Waals surface area contributed by atoms with Crippen LogP contribution in [0.25, 0.3) is 10.9 Å². The number of hydrogen-bond acceptors (Lipinski definition) is 3. The van der Waals surface area contributed by atoms with Crippen LogP contribution in [0.2, 0.25) is 0 Å². The standard InChI is InChI=1S/C17H13FN2O3/c1-23-12-5-6-15-13(8-12)14(9-19-15)16(21)17(22)20-11-4-2-3-10(18)7-11/h2-9,19H,1H3,(H,20,22). The zero-order chi connectivity index (χ0) is 16.4. The lowest BCUT2D eigenvalue weighted by atomic mass is 10.1. The Bertz CT molecular complexity index is 902. The number of ether oxygens (including phenoxy) is 1. The van der Waals surface area contributed by atoms with Gasteiger partial charge in [-0.25, -0.2) is 4.39 Å². The number of halogens is 1. The fraction of sp³-hybridized carbons (Fsp3) is 0.0588. The highest BCUT2D eigenvalue weighted by molar-refractivity contribution is 6.48. The van der Waals surface area contributed by atoms with Crippen LogP contribution in [0.5, 0.6) is 5.75 Å². The molecular weight excluding hydrogens is 299 g/mol. The van der Waals surface area contributed by atoms with Crippen LogP contribution < -0.4 is 10.1 Å². The van der Waals surface area contributed by atoms with Crippen molar-refractivity contribution in [1.29, 1.82) is 0 Å². The van der Waals surface area contributed by atoms with Crippen molar-refractivity contribution in [2.45, 2.75) is 0 Å². The third-order valence-corrected chi connectivity index (χ3v) is 3.42. The lowest BCUT2D eigenvalue weighted by molar-refractivity contribution is -0.112. The summed E-state index contributed by atoms with van der Waals surface area (Å²) in [5.74, 6) is -1.46. The van der Waals surface area contributed by atoms with E-state index < -0.39 is 17.5 Å². The molecule has 0 aliphatic heterocycles. The second-order valence-electron chi connectivity index (χ2n) is 4.91. The van der Waals surface area contributed by atoms with Crippen molar-refractivity contribution in [3.63, 3.8) is 0 Å². The van der Waals surface area contributed by atoms with Crippen molar-refractivity contribution in [3.8, 4) is 5.75 Å². The predicted molar refractivity (Wildman–Crippen MR) is 84.2 cm³/mol. The van der Waals surface area contributed by atoms with E-state index >= 15 is 0 Å². The van der Waals surface area contributed by atoms with Crippen LogP contribution in [-0.4, -0.2) is 23.8 Å². The van der Waals surface area contributed by atoms with E-state index in [4.69, 9.17) is 4.74 Å². The average molecular weight is 312 g/mol. The molecule has 1 amide bonds. The molecule has 1 heterocycles. The van der Waals surface area contributed by atoms with Crippen molar-refractivity contribution < 1.29 is 18.7 Å². The normalized spacial score (nSPS) is 10.5. The molecule has 23 heavy (non-hydrogen) atoms. The van der Waals surface area contributed by atoms with Crippen molar-refractivity contribution in [3.05, 3.63) is 60.0 Å². The van der Waals surface area contributed by atoms with Crippen molar-refractivity contribution >= 4 is 28.3 Å². The van der Waals surface area contributed by atoms with Crippen molar-refractivity contribution in [2.75, 3.05) is 12.4 Å². The molecule has 1 aromatic heterocycles. The summed E-state index contributed by atoms with van der Waals surface area (Å²) < 4.78 is 18.3. The minimum atomic E-state index is -0.834. The Labute approximate surface area is 131 Å². The molecule has 6 heteroatoms. The van der Waals surface area contributed by atoms with Gasteiger partial charge in [0.05, 0.1) is 12.7 Å². The van der Waals surface area contributed by atoms with Gasteiger partial charge in [-0.15, -0.1) is 0 Å². The van der Waals surface area contributed by atoms with Gasteiger partial charge in [-0.1, -0.05) is 6.07 Å². The van der Waals surface area contributed by atoms with E-state index in [0.717, 1.165) is 6.07 Å². The largest absolute Gasteiger partial charge is 0.497 e. The Kier molecular flexibility index (Phi) is 3.80. The van der Waals surface area contributed by atoms with Crippen LogP contribution in [0.15, 0.2) is 48.7 Å². The monoisotopic (exact) mass is 312 g/mol. The van der Waals surface area contributed by atoms with Gasteiger partial charge in [0.1, 0.15) is 11.6 Å². The predicted octanol–water partition coefficient (Wildman–Crippen LogP) is 3.14. The lowest BCUT2D eigenvalue weighted by Gasteiger charge is -2.04. The van der Waals surface area contributed by atoms with Gasteiger partial charge in [0.2, 0.25) is 0 Å². The Hall–Kier alpha value is -3.15. The molecular formula is C17H13FN2O3. The van der Waals surface area contributed by atoms with Gasteiger partial charge in [-0.05, 0) is 36.4 Å². The fourth-order valence-corrected chi connectivity index (χ4v) is 2.29. The molecule has 2 N–H and O–H groups in total. The fourth-order valence-electron chi connectivity index (χ4n) is 2.29. The zero-order valence-electron chi connectivity index (χ0n) is 12.2. The first-order chi connectivity index (χ1) is 11.1. The van der Waals surface area contributed by atoms with Crippen LogP contribution in [0.4, 0.5) is 10.1 Å². The second kappa shape index (κ2) is 5.92. The summed E-state index contributed by atoms with van der Waals surface area (Å²) in [6, 6.07) is 10.5. The third-order valence-electron chi connectivity index (χ3n) is 3.42. The average Bonchev–Trinajstić information content (AvgIpc) is 2.97. The number of hydrogen-bond donors (Lipinski definition) is 2. The van der Waals surface area contributed by atoms with Gasteiger partial charge in [0.25, 0.3) is 11.7 Å². The topological polar surface area (TPSA) is 71.2 Å². The van der Waals surface area contributed by atoms with Gasteiger partial charge in [-0.2, -0.15) is 0 Å². The zero-order valence-corrected chi connectivity index (χ0v) is 12.2. The number of fused-ring (bicyclic) bond motifs is 1. The molecule has 116 valence electrons. The van der Waals surface area contributed by atoms with E-state index in [1.165, 1.54) is 31.5 Å². The highest BCUT2D eigenvalue weighted by atomic mass is 19.1. The minimum absolute atomic E-state index is 0.223. The van der Waals surface area contributed by atoms with Crippen molar-refractivity contribution in [1.82, 2.24) is 4.98 Å². The van der Waals surface area contributed by atoms with Crippen LogP contribution in [0.1, 0.15) is 10.4 Å². The van der Waals surface area contributed by atoms with E-state index in [0.29, 0.717) is 16.7 Å². The van der Waals surface area contributed by atoms with Gasteiger partial charge < -0.3 is 15.0 Å². The summed E-state index contributed by atoms with van der Waals surface area (Å²) in [5.41, 5.74) is 1.17. The number of amides is 1. The number of methoxy groups -OCH3 is 1. The highest BCUT2D eigenvalue weighted by Crippen LogP contribution is 2.24. The molecule has 2 aromatic carbocycles. The quantitative estimate of drug-likeness (QED) is 0.574. The third kappa shape index (κ3) is 2.91. The summed E-state index contributed by atoms with van der Waals surface area (Å²) in [6.07, 6.45) is 1.47.